The lowest BCUT2D eigenvalue weighted by Gasteiger charge is -2.07. The highest BCUT2D eigenvalue weighted by molar-refractivity contribution is 9.10. The number of nitrogens with zero attached hydrogens (tertiary/aromatic N) is 2. The van der Waals surface area contributed by atoms with Crippen molar-refractivity contribution in [3.8, 4) is 11.1 Å². The van der Waals surface area contributed by atoms with Gasteiger partial charge in [-0.05, 0) is 29.7 Å². The Morgan fingerprint density at radius 2 is 1.82 bits per heavy atom. The summed E-state index contributed by atoms with van der Waals surface area (Å²) < 4.78 is 2.37. The monoisotopic (exact) mass is 452 g/mol. The van der Waals surface area contributed by atoms with Gasteiger partial charge in [0.25, 0.3) is 5.56 Å². The van der Waals surface area contributed by atoms with Crippen LogP contribution in [0.2, 0.25) is 0 Å². The van der Waals surface area contributed by atoms with E-state index in [1.807, 2.05) is 53.9 Å². The third kappa shape index (κ3) is 3.57. The first-order valence-corrected chi connectivity index (χ1v) is 10.6. The molecule has 6 heteroatoms. The normalized spacial score (nSPS) is 11.1. The number of rotatable bonds is 5. The summed E-state index contributed by atoms with van der Waals surface area (Å²) in [5.41, 5.74) is 3.38. The first kappa shape index (κ1) is 18.8. The Kier molecular flexibility index (Phi) is 5.24. The Morgan fingerprint density at radius 3 is 2.50 bits per heavy atom. The predicted octanol–water partition coefficient (Wildman–Crippen LogP) is 5.33. The van der Waals surface area contributed by atoms with E-state index in [9.17, 15) is 9.59 Å². The molecule has 0 atom stereocenters. The molecular formula is C22H17BrN2O2S. The average molecular weight is 453 g/mol. The van der Waals surface area contributed by atoms with Gasteiger partial charge in [-0.2, -0.15) is 0 Å². The summed E-state index contributed by atoms with van der Waals surface area (Å²) >= 11 is 4.86. The lowest BCUT2D eigenvalue weighted by molar-refractivity contribution is 0.0970. The van der Waals surface area contributed by atoms with Crippen molar-refractivity contribution in [2.24, 2.45) is 0 Å². The molecule has 0 aliphatic carbocycles. The molecule has 0 bridgehead atoms. The van der Waals surface area contributed by atoms with Crippen LogP contribution in [0.3, 0.4) is 0 Å². The van der Waals surface area contributed by atoms with Crippen molar-refractivity contribution in [3.63, 3.8) is 0 Å². The van der Waals surface area contributed by atoms with Crippen LogP contribution in [0.1, 0.15) is 22.8 Å². The lowest BCUT2D eigenvalue weighted by atomic mass is 10.1. The molecule has 4 aromatic rings. The van der Waals surface area contributed by atoms with E-state index in [-0.39, 0.29) is 17.9 Å². The van der Waals surface area contributed by atoms with Crippen LogP contribution in [0.5, 0.6) is 0 Å². The van der Waals surface area contributed by atoms with Gasteiger partial charge in [0.1, 0.15) is 4.83 Å². The maximum Gasteiger partial charge on any atom is 0.263 e. The second kappa shape index (κ2) is 7.81. The Bertz CT molecular complexity index is 1210. The largest absolute Gasteiger partial charge is 0.292 e. The summed E-state index contributed by atoms with van der Waals surface area (Å²) in [6, 6.07) is 15.3. The number of hydrogen-bond donors (Lipinski definition) is 0. The fourth-order valence-corrected chi connectivity index (χ4v) is 4.27. The number of aryl methyl sites for hydroxylation is 1. The predicted molar refractivity (Wildman–Crippen MR) is 117 cm³/mol. The number of ketones is 1. The van der Waals surface area contributed by atoms with Gasteiger partial charge in [-0.15, -0.1) is 11.3 Å². The van der Waals surface area contributed by atoms with Gasteiger partial charge in [-0.3, -0.25) is 14.2 Å². The number of halogens is 1. The average Bonchev–Trinajstić information content (AvgIpc) is 3.15. The molecule has 4 nitrogen and oxygen atoms in total. The minimum Gasteiger partial charge on any atom is -0.292 e. The molecule has 0 radical (unpaired) electrons. The smallest absolute Gasteiger partial charge is 0.263 e. The molecule has 0 N–H and O–H groups in total. The quantitative estimate of drug-likeness (QED) is 0.384. The molecular weight excluding hydrogens is 436 g/mol. The zero-order valence-corrected chi connectivity index (χ0v) is 17.6. The van der Waals surface area contributed by atoms with Gasteiger partial charge in [-0.1, -0.05) is 59.3 Å². The van der Waals surface area contributed by atoms with Crippen molar-refractivity contribution in [2.75, 3.05) is 0 Å². The Labute approximate surface area is 174 Å². The van der Waals surface area contributed by atoms with Crippen molar-refractivity contribution in [2.45, 2.75) is 19.9 Å². The number of carbonyl (C=O) groups excluding carboxylic acids is 1. The maximum absolute atomic E-state index is 13.1. The molecule has 2 aromatic carbocycles. The molecule has 2 aromatic heterocycles. The van der Waals surface area contributed by atoms with Gasteiger partial charge in [0.05, 0.1) is 18.3 Å². The fraction of sp³-hybridized carbons (Fsp3) is 0.136. The van der Waals surface area contributed by atoms with Gasteiger partial charge in [0.15, 0.2) is 5.78 Å². The fourth-order valence-electron chi connectivity index (χ4n) is 3.09. The van der Waals surface area contributed by atoms with Gasteiger partial charge in [0.2, 0.25) is 0 Å². The maximum atomic E-state index is 13.1. The van der Waals surface area contributed by atoms with E-state index in [1.165, 1.54) is 27.8 Å². The van der Waals surface area contributed by atoms with Gasteiger partial charge < -0.3 is 0 Å². The second-order valence-electron chi connectivity index (χ2n) is 6.49. The number of benzene rings is 2. The molecule has 4 rings (SSSR count). The van der Waals surface area contributed by atoms with Gasteiger partial charge in [-0.25, -0.2) is 4.98 Å². The highest BCUT2D eigenvalue weighted by atomic mass is 79.9. The molecule has 0 spiro atoms. The minimum absolute atomic E-state index is 0.0249. The van der Waals surface area contributed by atoms with Gasteiger partial charge in [0, 0.05) is 21.0 Å². The summed E-state index contributed by atoms with van der Waals surface area (Å²) in [5, 5.41) is 2.50. The Morgan fingerprint density at radius 1 is 1.11 bits per heavy atom. The van der Waals surface area contributed by atoms with Crippen LogP contribution in [-0.4, -0.2) is 15.3 Å². The Hall–Kier alpha value is -2.57. The van der Waals surface area contributed by atoms with Crippen molar-refractivity contribution >= 4 is 43.3 Å². The Balaban J connectivity index is 1.71. The first-order valence-electron chi connectivity index (χ1n) is 8.91. The summed E-state index contributed by atoms with van der Waals surface area (Å²) in [6.07, 6.45) is 2.39. The molecule has 0 saturated heterocycles. The standard InChI is InChI=1S/C22H17BrN2O2S/c1-2-14-3-5-16(6-4-14)19(26)11-25-13-24-21-20(22(25)27)18(12-28-21)15-7-9-17(23)10-8-15/h3-10,12-13H,2,11H2,1H3. The van der Waals surface area contributed by atoms with E-state index >= 15 is 0 Å². The molecule has 2 heterocycles. The number of hydrogen-bond acceptors (Lipinski definition) is 4. The van der Waals surface area contributed by atoms with Crippen LogP contribution in [0.4, 0.5) is 0 Å². The first-order chi connectivity index (χ1) is 13.6. The summed E-state index contributed by atoms with van der Waals surface area (Å²) in [7, 11) is 0. The van der Waals surface area contributed by atoms with Crippen molar-refractivity contribution in [3.05, 3.63) is 86.2 Å². The number of Topliss-reactive ketones (excluding diaryl/α,β-unsaturated/α-hetero) is 1. The van der Waals surface area contributed by atoms with E-state index in [1.54, 1.807) is 0 Å². The molecule has 0 amide bonds. The minimum atomic E-state index is -0.192. The number of thiophene rings is 1. The highest BCUT2D eigenvalue weighted by Gasteiger charge is 2.15. The lowest BCUT2D eigenvalue weighted by Crippen LogP contribution is -2.24. The third-order valence-corrected chi connectivity index (χ3v) is 6.13. The number of fused-ring (bicyclic) bond motifs is 1. The zero-order valence-electron chi connectivity index (χ0n) is 15.2. The van der Waals surface area contributed by atoms with Crippen LogP contribution in [0.15, 0.2) is 69.5 Å². The van der Waals surface area contributed by atoms with Crippen molar-refractivity contribution < 1.29 is 4.79 Å². The zero-order chi connectivity index (χ0) is 19.7. The van der Waals surface area contributed by atoms with Crippen LogP contribution in [-0.2, 0) is 13.0 Å². The second-order valence-corrected chi connectivity index (χ2v) is 8.26. The number of carbonyl (C=O) groups is 1. The van der Waals surface area contributed by atoms with E-state index < -0.39 is 0 Å². The molecule has 0 saturated carbocycles. The van der Waals surface area contributed by atoms with Crippen LogP contribution in [0, 0.1) is 0 Å². The summed E-state index contributed by atoms with van der Waals surface area (Å²) in [4.78, 5) is 30.8. The van der Waals surface area contributed by atoms with E-state index in [0.29, 0.717) is 15.8 Å². The van der Waals surface area contributed by atoms with Crippen molar-refractivity contribution in [1.82, 2.24) is 9.55 Å². The highest BCUT2D eigenvalue weighted by Crippen LogP contribution is 2.31. The topological polar surface area (TPSA) is 52.0 Å². The summed E-state index contributed by atoms with van der Waals surface area (Å²) in [5.74, 6) is -0.105. The van der Waals surface area contributed by atoms with Gasteiger partial charge >= 0.3 is 0 Å². The van der Waals surface area contributed by atoms with Crippen molar-refractivity contribution in [1.29, 1.82) is 0 Å². The SMILES string of the molecule is CCc1ccc(C(=O)Cn2cnc3scc(-c4ccc(Br)cc4)c3c2=O)cc1. The molecule has 0 aliphatic heterocycles. The van der Waals surface area contributed by atoms with E-state index in [4.69, 9.17) is 0 Å². The molecule has 0 fully saturated rings. The van der Waals surface area contributed by atoms with Crippen LogP contribution >= 0.6 is 27.3 Å². The summed E-state index contributed by atoms with van der Waals surface area (Å²) in [6.45, 7) is 2.05. The van der Waals surface area contributed by atoms with Crippen LogP contribution in [0.25, 0.3) is 21.3 Å². The molecule has 140 valence electrons. The molecule has 28 heavy (non-hydrogen) atoms. The molecule has 0 aliphatic rings. The number of aromatic nitrogens is 2. The molecule has 0 unspecified atom stereocenters. The van der Waals surface area contributed by atoms with E-state index in [2.05, 4.69) is 27.8 Å². The van der Waals surface area contributed by atoms with Crippen LogP contribution < -0.4 is 5.56 Å². The van der Waals surface area contributed by atoms with E-state index in [0.717, 1.165) is 22.0 Å². The third-order valence-electron chi connectivity index (χ3n) is 4.71.